The molecule has 9 nitrogen and oxygen atoms in total. The van der Waals surface area contributed by atoms with E-state index in [1.165, 1.54) is 6.92 Å². The van der Waals surface area contributed by atoms with E-state index in [4.69, 9.17) is 20.3 Å². The van der Waals surface area contributed by atoms with E-state index in [2.05, 4.69) is 0 Å². The molecule has 19 heavy (non-hydrogen) atoms. The highest BCUT2D eigenvalue weighted by Crippen LogP contribution is 2.23. The van der Waals surface area contributed by atoms with Gasteiger partial charge in [0, 0.05) is 0 Å². The van der Waals surface area contributed by atoms with Gasteiger partial charge in [0.25, 0.3) is 0 Å². The van der Waals surface area contributed by atoms with Crippen LogP contribution in [0.2, 0.25) is 0 Å². The van der Waals surface area contributed by atoms with E-state index in [0.717, 1.165) is 0 Å². The summed E-state index contributed by atoms with van der Waals surface area (Å²) in [5, 5.41) is 37.5. The van der Waals surface area contributed by atoms with Crippen LogP contribution in [0.3, 0.4) is 0 Å². The molecule has 0 aromatic carbocycles. The fourth-order valence-electron chi connectivity index (χ4n) is 1.69. The Bertz CT molecular complexity index is 346. The van der Waals surface area contributed by atoms with Crippen LogP contribution in [0.4, 0.5) is 0 Å². The van der Waals surface area contributed by atoms with Gasteiger partial charge in [0.15, 0.2) is 18.5 Å². The normalized spacial score (nSPS) is 36.7. The molecule has 110 valence electrons. The van der Waals surface area contributed by atoms with Crippen LogP contribution in [0, 0.1) is 0 Å². The minimum atomic E-state index is -1.73. The number of aliphatic hydroxyl groups excluding tert-OH is 3. The Morgan fingerprint density at radius 2 is 1.84 bits per heavy atom. The van der Waals surface area contributed by atoms with Gasteiger partial charge in [0.2, 0.25) is 5.91 Å². The van der Waals surface area contributed by atoms with Crippen molar-refractivity contribution in [2.24, 2.45) is 5.73 Å². The first kappa shape index (κ1) is 15.8. The molecular formula is C10H17NO8. The molecule has 1 aliphatic heterocycles. The summed E-state index contributed by atoms with van der Waals surface area (Å²) in [5.41, 5.74) is 4.96. The van der Waals surface area contributed by atoms with Crippen LogP contribution >= 0.6 is 0 Å². The Morgan fingerprint density at radius 3 is 2.26 bits per heavy atom. The number of ether oxygens (including phenoxy) is 2. The van der Waals surface area contributed by atoms with Crippen LogP contribution in [-0.2, 0) is 19.1 Å². The van der Waals surface area contributed by atoms with Crippen LogP contribution in [0.15, 0.2) is 0 Å². The van der Waals surface area contributed by atoms with Crippen molar-refractivity contribution in [3.8, 4) is 0 Å². The number of hydrogen-bond acceptors (Lipinski definition) is 7. The molecular weight excluding hydrogens is 262 g/mol. The number of aliphatic hydroxyl groups is 3. The molecule has 0 aromatic heterocycles. The predicted octanol–water partition coefficient (Wildman–Crippen LogP) is -2.84. The largest absolute Gasteiger partial charge is 0.479 e. The third-order valence-electron chi connectivity index (χ3n) is 2.79. The lowest BCUT2D eigenvalue weighted by molar-refractivity contribution is -0.299. The highest BCUT2D eigenvalue weighted by Gasteiger charge is 2.47. The summed E-state index contributed by atoms with van der Waals surface area (Å²) in [6.45, 7) is 1.53. The molecule has 4 unspecified atom stereocenters. The van der Waals surface area contributed by atoms with Gasteiger partial charge >= 0.3 is 5.97 Å². The Kier molecular flexibility index (Phi) is 5.20. The van der Waals surface area contributed by atoms with E-state index < -0.39 is 48.7 Å². The first-order valence-electron chi connectivity index (χ1n) is 5.66. The summed E-state index contributed by atoms with van der Waals surface area (Å²) in [5.74, 6) is -2.34. The SMILES string of the molecule is CCC(OC1OC(C(N)=O)[C@@H](O)C(O)[C@@H]1O)C(=O)O. The Hall–Kier alpha value is -1.26. The minimum absolute atomic E-state index is 0.0851. The monoisotopic (exact) mass is 279 g/mol. The van der Waals surface area contributed by atoms with Crippen LogP contribution in [0.1, 0.15) is 13.3 Å². The van der Waals surface area contributed by atoms with Gasteiger partial charge in [-0.1, -0.05) is 6.92 Å². The molecule has 0 bridgehead atoms. The number of carbonyl (C=O) groups excluding carboxylic acids is 1. The number of carboxylic acids is 1. The van der Waals surface area contributed by atoms with Crippen molar-refractivity contribution >= 4 is 11.9 Å². The predicted molar refractivity (Wildman–Crippen MR) is 58.7 cm³/mol. The average molecular weight is 279 g/mol. The number of hydrogen-bond donors (Lipinski definition) is 5. The van der Waals surface area contributed by atoms with Crippen molar-refractivity contribution in [3.05, 3.63) is 0 Å². The zero-order chi connectivity index (χ0) is 14.7. The standard InChI is InChI=1S/C10H17NO8/c1-2-3(9(16)17)18-10-6(14)4(12)5(13)7(19-10)8(11)15/h3-7,10,12-14H,2H2,1H3,(H2,11,15)(H,16,17)/t3?,4?,5-,6-,7?,10?/m0/s1. The molecule has 0 radical (unpaired) electrons. The molecule has 1 heterocycles. The molecule has 1 fully saturated rings. The maximum Gasteiger partial charge on any atom is 0.332 e. The van der Waals surface area contributed by atoms with Crippen molar-refractivity contribution in [3.63, 3.8) is 0 Å². The van der Waals surface area contributed by atoms with E-state index in [0.29, 0.717) is 0 Å². The van der Waals surface area contributed by atoms with Gasteiger partial charge < -0.3 is 35.6 Å². The second kappa shape index (κ2) is 6.26. The van der Waals surface area contributed by atoms with E-state index in [-0.39, 0.29) is 6.42 Å². The second-order valence-electron chi connectivity index (χ2n) is 4.17. The third-order valence-corrected chi connectivity index (χ3v) is 2.79. The zero-order valence-electron chi connectivity index (χ0n) is 10.2. The lowest BCUT2D eigenvalue weighted by atomic mass is 9.98. The van der Waals surface area contributed by atoms with Crippen molar-refractivity contribution in [2.75, 3.05) is 0 Å². The number of amides is 1. The summed E-state index contributed by atoms with van der Waals surface area (Å²) in [7, 11) is 0. The molecule has 1 saturated heterocycles. The number of nitrogens with two attached hydrogens (primary N) is 1. The van der Waals surface area contributed by atoms with Gasteiger partial charge in [-0.3, -0.25) is 4.79 Å². The Morgan fingerprint density at radius 1 is 1.26 bits per heavy atom. The number of aliphatic carboxylic acids is 1. The Balaban J connectivity index is 2.82. The molecule has 1 rings (SSSR count). The summed E-state index contributed by atoms with van der Waals surface area (Å²) in [6, 6.07) is 0. The number of rotatable bonds is 5. The highest BCUT2D eigenvalue weighted by molar-refractivity contribution is 5.79. The smallest absolute Gasteiger partial charge is 0.332 e. The first-order valence-corrected chi connectivity index (χ1v) is 5.66. The minimum Gasteiger partial charge on any atom is -0.479 e. The number of primary amides is 1. The summed E-state index contributed by atoms with van der Waals surface area (Å²) < 4.78 is 9.87. The molecule has 6 N–H and O–H groups in total. The zero-order valence-corrected chi connectivity index (χ0v) is 10.2. The van der Waals surface area contributed by atoms with E-state index in [9.17, 15) is 24.9 Å². The van der Waals surface area contributed by atoms with Crippen molar-refractivity contribution in [1.82, 2.24) is 0 Å². The van der Waals surface area contributed by atoms with Gasteiger partial charge in [0.05, 0.1) is 0 Å². The molecule has 0 aliphatic carbocycles. The van der Waals surface area contributed by atoms with Crippen LogP contribution < -0.4 is 5.73 Å². The quantitative estimate of drug-likeness (QED) is 0.359. The molecule has 6 atom stereocenters. The van der Waals surface area contributed by atoms with Gasteiger partial charge in [-0.15, -0.1) is 0 Å². The van der Waals surface area contributed by atoms with Crippen LogP contribution in [-0.4, -0.2) is 69.1 Å². The molecule has 9 heteroatoms. The van der Waals surface area contributed by atoms with Gasteiger partial charge in [0.1, 0.15) is 18.3 Å². The average Bonchev–Trinajstić information content (AvgIpc) is 2.34. The van der Waals surface area contributed by atoms with E-state index in [1.807, 2.05) is 0 Å². The lowest BCUT2D eigenvalue weighted by Gasteiger charge is -2.39. The second-order valence-corrected chi connectivity index (χ2v) is 4.17. The van der Waals surface area contributed by atoms with Crippen molar-refractivity contribution in [1.29, 1.82) is 0 Å². The van der Waals surface area contributed by atoms with E-state index >= 15 is 0 Å². The Labute approximate surface area is 108 Å². The molecule has 0 spiro atoms. The summed E-state index contributed by atoms with van der Waals surface area (Å²) in [4.78, 5) is 21.8. The van der Waals surface area contributed by atoms with E-state index in [1.54, 1.807) is 0 Å². The van der Waals surface area contributed by atoms with Gasteiger partial charge in [-0.2, -0.15) is 0 Å². The van der Waals surface area contributed by atoms with Crippen LogP contribution in [0.5, 0.6) is 0 Å². The summed E-state index contributed by atoms with van der Waals surface area (Å²) >= 11 is 0. The molecule has 0 aromatic rings. The lowest BCUT2D eigenvalue weighted by Crippen LogP contribution is -2.62. The highest BCUT2D eigenvalue weighted by atomic mass is 16.7. The number of carboxylic acid groups (broad SMARTS) is 1. The van der Waals surface area contributed by atoms with Gasteiger partial charge in [-0.05, 0) is 6.42 Å². The van der Waals surface area contributed by atoms with Crippen molar-refractivity contribution in [2.45, 2.75) is 50.2 Å². The summed E-state index contributed by atoms with van der Waals surface area (Å²) in [6.07, 6.45) is -9.50. The third kappa shape index (κ3) is 3.39. The number of carbonyl (C=O) groups is 2. The van der Waals surface area contributed by atoms with Crippen molar-refractivity contribution < 1.29 is 39.5 Å². The molecule has 1 amide bonds. The fraction of sp³-hybridized carbons (Fsp3) is 0.800. The first-order chi connectivity index (χ1) is 8.79. The maximum atomic E-state index is 11.0. The maximum absolute atomic E-state index is 11.0. The van der Waals surface area contributed by atoms with Gasteiger partial charge in [-0.25, -0.2) is 4.79 Å². The molecule has 0 saturated carbocycles. The topological polar surface area (TPSA) is 160 Å². The van der Waals surface area contributed by atoms with Crippen LogP contribution in [0.25, 0.3) is 0 Å². The fourth-order valence-corrected chi connectivity index (χ4v) is 1.69. The molecule has 1 aliphatic rings.